The van der Waals surface area contributed by atoms with E-state index in [-0.39, 0.29) is 46.5 Å². The number of piperidine rings is 1. The van der Waals surface area contributed by atoms with Crippen LogP contribution in [0.15, 0.2) is 12.1 Å². The zero-order valence-electron chi connectivity index (χ0n) is 23.0. The maximum absolute atomic E-state index is 14.0. The molecule has 1 aliphatic carbocycles. The lowest BCUT2D eigenvalue weighted by atomic mass is 9.85. The van der Waals surface area contributed by atoms with Gasteiger partial charge in [-0.05, 0) is 46.8 Å². The zero-order chi connectivity index (χ0) is 30.8. The maximum Gasteiger partial charge on any atom is 0.471 e. The normalized spacial score (nSPS) is 25.8. The van der Waals surface area contributed by atoms with Crippen LogP contribution >= 0.6 is 11.6 Å². The first-order valence-corrected chi connectivity index (χ1v) is 13.3. The number of fused-ring (bicyclic) bond motifs is 2. The summed E-state index contributed by atoms with van der Waals surface area (Å²) in [6.07, 6.45) is -5.43. The summed E-state index contributed by atoms with van der Waals surface area (Å²) in [7, 11) is 0. The quantitative estimate of drug-likeness (QED) is 0.431. The predicted molar refractivity (Wildman–Crippen MR) is 139 cm³/mol. The third-order valence-corrected chi connectivity index (χ3v) is 8.67. The van der Waals surface area contributed by atoms with E-state index >= 15 is 0 Å². The molecule has 0 bridgehead atoms. The standard InChI is InChI=1S/C27H30ClF4N5O4/c1-25(2,3)20(36-24(41)27(30,31)32)23(40)37-10-15-17(26(15,4)5)19(37)22(39)34-12(9-33)8-14-13-6-11(29)7-16(28)18(13)35-21(14)38/h6-7,12,14-15,17,19-20H,8,10H2,1-5H3,(H,34,39)(H,35,38)(H,36,41)/t12-,14?,15-,17-,19-,20+/m0/s1. The Hall–Kier alpha value is -3.40. The Morgan fingerprint density at radius 1 is 1.22 bits per heavy atom. The van der Waals surface area contributed by atoms with Crippen LogP contribution in [0.25, 0.3) is 0 Å². The molecule has 4 rings (SSSR count). The van der Waals surface area contributed by atoms with Crippen molar-refractivity contribution in [1.82, 2.24) is 15.5 Å². The molecule has 9 nitrogen and oxygen atoms in total. The van der Waals surface area contributed by atoms with Gasteiger partial charge in [0.25, 0.3) is 0 Å². The number of hydrogen-bond acceptors (Lipinski definition) is 5. The summed E-state index contributed by atoms with van der Waals surface area (Å²) in [4.78, 5) is 52.8. The van der Waals surface area contributed by atoms with Gasteiger partial charge in [-0.25, -0.2) is 4.39 Å². The van der Waals surface area contributed by atoms with Gasteiger partial charge in [-0.2, -0.15) is 18.4 Å². The van der Waals surface area contributed by atoms with Crippen molar-refractivity contribution in [1.29, 1.82) is 5.26 Å². The first-order chi connectivity index (χ1) is 18.8. The summed E-state index contributed by atoms with van der Waals surface area (Å²) >= 11 is 6.04. The summed E-state index contributed by atoms with van der Waals surface area (Å²) in [6, 6.07) is 0.143. The summed E-state index contributed by atoms with van der Waals surface area (Å²) in [6.45, 7) is 8.36. The van der Waals surface area contributed by atoms with Crippen molar-refractivity contribution in [3.05, 3.63) is 28.5 Å². The smallest absolute Gasteiger partial charge is 0.339 e. The van der Waals surface area contributed by atoms with Crippen molar-refractivity contribution in [2.75, 3.05) is 11.9 Å². The van der Waals surface area contributed by atoms with Crippen LogP contribution in [0.5, 0.6) is 0 Å². The van der Waals surface area contributed by atoms with Crippen LogP contribution in [0.3, 0.4) is 0 Å². The molecule has 1 aromatic rings. The Labute approximate surface area is 238 Å². The number of rotatable bonds is 6. The number of anilines is 1. The van der Waals surface area contributed by atoms with Gasteiger partial charge >= 0.3 is 12.1 Å². The van der Waals surface area contributed by atoms with Crippen LogP contribution in [0.1, 0.15) is 52.5 Å². The van der Waals surface area contributed by atoms with Crippen LogP contribution in [-0.2, 0) is 19.2 Å². The third kappa shape index (κ3) is 5.58. The summed E-state index contributed by atoms with van der Waals surface area (Å²) in [5.74, 6) is -6.50. The van der Waals surface area contributed by atoms with E-state index in [9.17, 15) is 42.0 Å². The second-order valence-corrected chi connectivity index (χ2v) is 12.9. The molecule has 222 valence electrons. The number of nitriles is 1. The summed E-state index contributed by atoms with van der Waals surface area (Å²) in [5, 5.41) is 16.7. The van der Waals surface area contributed by atoms with Crippen molar-refractivity contribution in [3.63, 3.8) is 0 Å². The SMILES string of the molecule is CC(C)(C)[C@H](NC(=O)C(F)(F)F)C(=O)N1C[C@H]2[C@@H]([C@H]1C(=O)N[C@H](C#N)CC1C(=O)Nc3c(Cl)cc(F)cc31)C2(C)C. The Bertz CT molecular complexity index is 1350. The lowest BCUT2D eigenvalue weighted by Crippen LogP contribution is -2.61. The second kappa shape index (κ2) is 10.2. The molecule has 1 aromatic carbocycles. The molecule has 0 aromatic heterocycles. The molecule has 0 spiro atoms. The third-order valence-electron chi connectivity index (χ3n) is 8.38. The molecule has 2 aliphatic heterocycles. The van der Waals surface area contributed by atoms with Gasteiger partial charge in [0.2, 0.25) is 17.7 Å². The number of carbonyl (C=O) groups is 4. The van der Waals surface area contributed by atoms with Gasteiger partial charge in [0, 0.05) is 6.54 Å². The lowest BCUT2D eigenvalue weighted by Gasteiger charge is -2.37. The fourth-order valence-electron chi connectivity index (χ4n) is 6.06. The first kappa shape index (κ1) is 30.6. The molecule has 1 saturated heterocycles. The van der Waals surface area contributed by atoms with Gasteiger partial charge in [0.15, 0.2) is 0 Å². The molecule has 1 unspecified atom stereocenters. The van der Waals surface area contributed by atoms with Gasteiger partial charge < -0.3 is 20.9 Å². The number of carbonyl (C=O) groups excluding carboxylic acids is 4. The van der Waals surface area contributed by atoms with Crippen LogP contribution in [0.4, 0.5) is 23.2 Å². The average molecular weight is 600 g/mol. The number of nitrogens with zero attached hydrogens (tertiary/aromatic N) is 2. The van der Waals surface area contributed by atoms with Crippen molar-refractivity contribution in [3.8, 4) is 6.07 Å². The van der Waals surface area contributed by atoms with Crippen LogP contribution in [0.2, 0.25) is 5.02 Å². The van der Waals surface area contributed by atoms with Gasteiger partial charge in [0.1, 0.15) is 23.9 Å². The van der Waals surface area contributed by atoms with Gasteiger partial charge in [-0.1, -0.05) is 46.2 Å². The molecule has 14 heteroatoms. The van der Waals surface area contributed by atoms with Crippen molar-refractivity contribution >= 4 is 40.9 Å². The fraction of sp³-hybridized carbons (Fsp3) is 0.593. The Morgan fingerprint density at radius 3 is 2.41 bits per heavy atom. The predicted octanol–water partition coefficient (Wildman–Crippen LogP) is 3.49. The Kier molecular flexibility index (Phi) is 7.56. The fourth-order valence-corrected chi connectivity index (χ4v) is 6.32. The highest BCUT2D eigenvalue weighted by molar-refractivity contribution is 6.34. The Morgan fingerprint density at radius 2 is 1.85 bits per heavy atom. The van der Waals surface area contributed by atoms with E-state index in [2.05, 4.69) is 10.6 Å². The molecule has 6 atom stereocenters. The van der Waals surface area contributed by atoms with Crippen LogP contribution in [0, 0.1) is 39.8 Å². The van der Waals surface area contributed by atoms with E-state index in [1.165, 1.54) is 25.7 Å². The van der Waals surface area contributed by atoms with E-state index in [0.717, 1.165) is 12.1 Å². The summed E-state index contributed by atoms with van der Waals surface area (Å²) in [5.41, 5.74) is -1.03. The zero-order valence-corrected chi connectivity index (χ0v) is 23.7. The minimum atomic E-state index is -5.21. The van der Waals surface area contributed by atoms with E-state index in [1.54, 1.807) is 5.32 Å². The van der Waals surface area contributed by atoms with Gasteiger partial charge in [0.05, 0.1) is 22.7 Å². The highest BCUT2D eigenvalue weighted by Gasteiger charge is 2.70. The van der Waals surface area contributed by atoms with Crippen molar-refractivity contribution in [2.24, 2.45) is 22.7 Å². The largest absolute Gasteiger partial charge is 0.471 e. The molecule has 4 amide bonds. The van der Waals surface area contributed by atoms with E-state index in [1.807, 2.05) is 19.9 Å². The first-order valence-electron chi connectivity index (χ1n) is 13.0. The topological polar surface area (TPSA) is 131 Å². The van der Waals surface area contributed by atoms with Crippen molar-refractivity contribution in [2.45, 2.75) is 71.3 Å². The molecule has 41 heavy (non-hydrogen) atoms. The van der Waals surface area contributed by atoms with Gasteiger partial charge in [-0.15, -0.1) is 0 Å². The number of benzene rings is 1. The maximum atomic E-state index is 14.0. The highest BCUT2D eigenvalue weighted by Crippen LogP contribution is 2.65. The molecule has 0 radical (unpaired) electrons. The van der Waals surface area contributed by atoms with Crippen LogP contribution in [-0.4, -0.2) is 59.4 Å². The monoisotopic (exact) mass is 599 g/mol. The second-order valence-electron chi connectivity index (χ2n) is 12.5. The van der Waals surface area contributed by atoms with E-state index < -0.39 is 65.1 Å². The van der Waals surface area contributed by atoms with E-state index in [0.29, 0.717) is 0 Å². The minimum absolute atomic E-state index is 0.0125. The molecule has 2 fully saturated rings. The molecule has 2 heterocycles. The number of amides is 4. The number of nitrogens with one attached hydrogen (secondary N) is 3. The van der Waals surface area contributed by atoms with Crippen LogP contribution < -0.4 is 16.0 Å². The number of halogens is 5. The number of hydrogen-bond donors (Lipinski definition) is 3. The highest BCUT2D eigenvalue weighted by atomic mass is 35.5. The average Bonchev–Trinajstić information content (AvgIpc) is 3.15. The minimum Gasteiger partial charge on any atom is -0.339 e. The summed E-state index contributed by atoms with van der Waals surface area (Å²) < 4.78 is 53.1. The van der Waals surface area contributed by atoms with Gasteiger partial charge in [-0.3, -0.25) is 19.2 Å². The number of alkyl halides is 3. The molecular formula is C27H30ClF4N5O4. The van der Waals surface area contributed by atoms with Crippen molar-refractivity contribution < 1.29 is 36.7 Å². The lowest BCUT2D eigenvalue weighted by molar-refractivity contribution is -0.176. The molecule has 3 N–H and O–H groups in total. The van der Waals surface area contributed by atoms with E-state index in [4.69, 9.17) is 11.6 Å². The molecular weight excluding hydrogens is 570 g/mol. The molecule has 1 saturated carbocycles. The molecule has 3 aliphatic rings. The number of likely N-dealkylation sites (tertiary alicyclic amines) is 1. The Balaban J connectivity index is 1.56.